The van der Waals surface area contributed by atoms with Crippen molar-refractivity contribution in [2.24, 2.45) is 0 Å². The van der Waals surface area contributed by atoms with Crippen LogP contribution >= 0.6 is 0 Å². The van der Waals surface area contributed by atoms with Gasteiger partial charge in [0.05, 0.1) is 17.7 Å². The number of ether oxygens (including phenoxy) is 2. The van der Waals surface area contributed by atoms with E-state index in [0.717, 1.165) is 19.6 Å². The molecule has 0 unspecified atom stereocenters. The second kappa shape index (κ2) is 7.13. The van der Waals surface area contributed by atoms with Crippen LogP contribution in [0.25, 0.3) is 0 Å². The maximum atomic E-state index is 12.1. The van der Waals surface area contributed by atoms with E-state index in [1.165, 1.54) is 26.2 Å². The second-order valence-electron chi connectivity index (χ2n) is 6.18. The molecular weight excluding hydrogens is 294 g/mol. The number of hydrogen-bond donors (Lipinski definition) is 0. The van der Waals surface area contributed by atoms with Crippen molar-refractivity contribution in [1.29, 1.82) is 0 Å². The van der Waals surface area contributed by atoms with E-state index < -0.39 is 0 Å². The molecule has 5 nitrogen and oxygen atoms in total. The number of rotatable bonds is 5. The van der Waals surface area contributed by atoms with Crippen LogP contribution in [0.15, 0.2) is 12.1 Å². The Labute approximate surface area is 136 Å². The van der Waals surface area contributed by atoms with E-state index >= 15 is 0 Å². The fraction of sp³-hybridized carbons (Fsp3) is 0.556. The molecule has 2 aliphatic rings. The molecule has 1 fully saturated rings. The van der Waals surface area contributed by atoms with Gasteiger partial charge in [-0.2, -0.15) is 0 Å². The summed E-state index contributed by atoms with van der Waals surface area (Å²) in [6.45, 7) is 5.50. The fourth-order valence-corrected chi connectivity index (χ4v) is 3.17. The van der Waals surface area contributed by atoms with Crippen molar-refractivity contribution in [1.82, 2.24) is 4.90 Å². The number of nitrogens with zero attached hydrogens (tertiary/aromatic N) is 1. The number of likely N-dealkylation sites (tertiary alicyclic amines) is 1. The highest BCUT2D eigenvalue weighted by molar-refractivity contribution is 6.06. The zero-order valence-electron chi connectivity index (χ0n) is 13.6. The van der Waals surface area contributed by atoms with Crippen LogP contribution in [0.3, 0.4) is 0 Å². The highest BCUT2D eigenvalue weighted by Gasteiger charge is 2.24. The van der Waals surface area contributed by atoms with Gasteiger partial charge in [-0.15, -0.1) is 0 Å². The summed E-state index contributed by atoms with van der Waals surface area (Å²) in [7, 11) is 0. The van der Waals surface area contributed by atoms with Gasteiger partial charge >= 0.3 is 0 Å². The van der Waals surface area contributed by atoms with Crippen LogP contribution in [0.2, 0.25) is 0 Å². The normalized spacial score (nSPS) is 18.2. The number of ketones is 2. The minimum Gasteiger partial charge on any atom is -0.492 e. The van der Waals surface area contributed by atoms with Crippen molar-refractivity contribution in [2.75, 3.05) is 32.8 Å². The van der Waals surface area contributed by atoms with E-state index in [-0.39, 0.29) is 11.6 Å². The van der Waals surface area contributed by atoms with Crippen LogP contribution < -0.4 is 9.47 Å². The second-order valence-corrected chi connectivity index (χ2v) is 6.18. The molecule has 0 aliphatic carbocycles. The van der Waals surface area contributed by atoms with Gasteiger partial charge < -0.3 is 9.47 Å². The predicted octanol–water partition coefficient (Wildman–Crippen LogP) is 2.72. The van der Waals surface area contributed by atoms with E-state index in [0.29, 0.717) is 42.3 Å². The SMILES string of the molecule is CC(=O)c1cc(OCCN2CCCCC2)cc2c1OCCC2=O. The zero-order valence-corrected chi connectivity index (χ0v) is 13.6. The molecule has 2 aliphatic heterocycles. The third kappa shape index (κ3) is 3.72. The van der Waals surface area contributed by atoms with Crippen molar-refractivity contribution in [3.05, 3.63) is 23.3 Å². The molecule has 0 atom stereocenters. The van der Waals surface area contributed by atoms with Crippen molar-refractivity contribution in [3.63, 3.8) is 0 Å². The molecule has 0 spiro atoms. The van der Waals surface area contributed by atoms with Crippen LogP contribution in [0.5, 0.6) is 11.5 Å². The van der Waals surface area contributed by atoms with Gasteiger partial charge in [-0.1, -0.05) is 6.42 Å². The topological polar surface area (TPSA) is 55.8 Å². The zero-order chi connectivity index (χ0) is 16.2. The Hall–Kier alpha value is -1.88. The largest absolute Gasteiger partial charge is 0.492 e. The van der Waals surface area contributed by atoms with Crippen LogP contribution in [0.4, 0.5) is 0 Å². The number of hydrogen-bond acceptors (Lipinski definition) is 5. The first-order valence-corrected chi connectivity index (χ1v) is 8.35. The number of fused-ring (bicyclic) bond motifs is 1. The highest BCUT2D eigenvalue weighted by Crippen LogP contribution is 2.33. The maximum Gasteiger partial charge on any atom is 0.170 e. The molecule has 1 saturated heterocycles. The molecule has 0 amide bonds. The Morgan fingerprint density at radius 1 is 1.26 bits per heavy atom. The summed E-state index contributed by atoms with van der Waals surface area (Å²) < 4.78 is 11.3. The maximum absolute atomic E-state index is 12.1. The van der Waals surface area contributed by atoms with Gasteiger partial charge in [0, 0.05) is 13.0 Å². The Morgan fingerprint density at radius 3 is 2.78 bits per heavy atom. The summed E-state index contributed by atoms with van der Waals surface area (Å²) in [6, 6.07) is 3.40. The van der Waals surface area contributed by atoms with E-state index in [2.05, 4.69) is 4.90 Å². The first-order valence-electron chi connectivity index (χ1n) is 8.35. The summed E-state index contributed by atoms with van der Waals surface area (Å²) >= 11 is 0. The van der Waals surface area contributed by atoms with Crippen LogP contribution in [-0.4, -0.2) is 49.3 Å². The van der Waals surface area contributed by atoms with E-state index in [1.807, 2.05) is 0 Å². The van der Waals surface area contributed by atoms with Crippen LogP contribution in [0.1, 0.15) is 53.3 Å². The lowest BCUT2D eigenvalue weighted by Crippen LogP contribution is -2.33. The molecule has 0 saturated carbocycles. The van der Waals surface area contributed by atoms with E-state index in [1.54, 1.807) is 12.1 Å². The molecule has 0 aromatic heterocycles. The van der Waals surface area contributed by atoms with Crippen molar-refractivity contribution < 1.29 is 19.1 Å². The number of carbonyl (C=O) groups excluding carboxylic acids is 2. The van der Waals surface area contributed by atoms with Gasteiger partial charge in [-0.05, 0) is 45.0 Å². The lowest BCUT2D eigenvalue weighted by Gasteiger charge is -2.26. The first kappa shape index (κ1) is 16.0. The molecular formula is C18H23NO4. The molecule has 1 aromatic rings. The highest BCUT2D eigenvalue weighted by atomic mass is 16.5. The minimum absolute atomic E-state index is 0.00947. The van der Waals surface area contributed by atoms with Gasteiger partial charge in [-0.3, -0.25) is 14.5 Å². The molecule has 0 N–H and O–H groups in total. The summed E-state index contributed by atoms with van der Waals surface area (Å²) in [5.41, 5.74) is 0.903. The molecule has 23 heavy (non-hydrogen) atoms. The smallest absolute Gasteiger partial charge is 0.170 e. The Kier molecular flexibility index (Phi) is 4.96. The summed E-state index contributed by atoms with van der Waals surface area (Å²) in [4.78, 5) is 26.3. The third-order valence-electron chi connectivity index (χ3n) is 4.44. The fourth-order valence-electron chi connectivity index (χ4n) is 3.17. The lowest BCUT2D eigenvalue weighted by atomic mass is 9.99. The molecule has 3 rings (SSSR count). The average molecular weight is 317 g/mol. The third-order valence-corrected chi connectivity index (χ3v) is 4.44. The van der Waals surface area contributed by atoms with Gasteiger partial charge in [0.15, 0.2) is 11.6 Å². The van der Waals surface area contributed by atoms with Gasteiger partial charge in [0.2, 0.25) is 0 Å². The number of Topliss-reactive ketones (excluding diaryl/α,β-unsaturated/α-hetero) is 2. The number of benzene rings is 1. The number of piperidine rings is 1. The number of carbonyl (C=O) groups is 2. The summed E-state index contributed by atoms with van der Waals surface area (Å²) in [6.07, 6.45) is 4.16. The molecule has 5 heteroatoms. The molecule has 1 aromatic carbocycles. The standard InChI is InChI=1S/C18H23NO4/c1-13(20)15-11-14(12-16-17(21)5-9-23-18(15)16)22-10-8-19-6-3-2-4-7-19/h11-12H,2-10H2,1H3. The Bertz CT molecular complexity index is 588. The molecule has 2 heterocycles. The molecule has 124 valence electrons. The van der Waals surface area contributed by atoms with E-state index in [4.69, 9.17) is 9.47 Å². The van der Waals surface area contributed by atoms with E-state index in [9.17, 15) is 9.59 Å². The Balaban J connectivity index is 1.71. The first-order chi connectivity index (χ1) is 11.1. The predicted molar refractivity (Wildman–Crippen MR) is 86.7 cm³/mol. The van der Waals surface area contributed by atoms with Gasteiger partial charge in [0.1, 0.15) is 18.1 Å². The van der Waals surface area contributed by atoms with Gasteiger partial charge in [0.25, 0.3) is 0 Å². The Morgan fingerprint density at radius 2 is 2.04 bits per heavy atom. The average Bonchev–Trinajstić information content (AvgIpc) is 2.56. The van der Waals surface area contributed by atoms with Gasteiger partial charge in [-0.25, -0.2) is 0 Å². The molecule has 0 bridgehead atoms. The quantitative estimate of drug-likeness (QED) is 0.782. The summed E-state index contributed by atoms with van der Waals surface area (Å²) in [5, 5.41) is 0. The van der Waals surface area contributed by atoms with Crippen molar-refractivity contribution >= 4 is 11.6 Å². The summed E-state index contributed by atoms with van der Waals surface area (Å²) in [5.74, 6) is 0.884. The lowest BCUT2D eigenvalue weighted by molar-refractivity contribution is 0.0929. The van der Waals surface area contributed by atoms with Crippen LogP contribution in [0, 0.1) is 0 Å². The molecule has 0 radical (unpaired) electrons. The van der Waals surface area contributed by atoms with Crippen molar-refractivity contribution in [3.8, 4) is 11.5 Å². The monoisotopic (exact) mass is 317 g/mol. The van der Waals surface area contributed by atoms with Crippen LogP contribution in [-0.2, 0) is 0 Å². The van der Waals surface area contributed by atoms with Crippen molar-refractivity contribution in [2.45, 2.75) is 32.6 Å². The minimum atomic E-state index is -0.113.